The Hall–Kier alpha value is -2.08. The average Bonchev–Trinajstić information content (AvgIpc) is 2.97. The van der Waals surface area contributed by atoms with Crippen LogP contribution >= 0.6 is 11.6 Å². The molecule has 0 saturated carbocycles. The number of aliphatic carboxylic acids is 1. The van der Waals surface area contributed by atoms with Gasteiger partial charge in [0.25, 0.3) is 0 Å². The summed E-state index contributed by atoms with van der Waals surface area (Å²) in [5.41, 5.74) is 0.784. The van der Waals surface area contributed by atoms with Gasteiger partial charge in [-0.2, -0.15) is 0 Å². The molecule has 1 heterocycles. The van der Waals surface area contributed by atoms with E-state index < -0.39 is 17.9 Å². The van der Waals surface area contributed by atoms with E-state index in [4.69, 9.17) is 16.7 Å². The van der Waals surface area contributed by atoms with Crippen molar-refractivity contribution in [1.29, 1.82) is 0 Å². The first-order chi connectivity index (χ1) is 10.9. The number of halogens is 1. The van der Waals surface area contributed by atoms with Gasteiger partial charge in [0.15, 0.2) is 0 Å². The van der Waals surface area contributed by atoms with Crippen molar-refractivity contribution in [2.24, 2.45) is 5.92 Å². The molecule has 0 unspecified atom stereocenters. The largest absolute Gasteiger partial charge is 0.481 e. The summed E-state index contributed by atoms with van der Waals surface area (Å²) >= 11 is 5.86. The van der Waals surface area contributed by atoms with Gasteiger partial charge in [0, 0.05) is 25.0 Å². The van der Waals surface area contributed by atoms with Crippen LogP contribution in [0.25, 0.3) is 0 Å². The van der Waals surface area contributed by atoms with Crippen molar-refractivity contribution in [3.63, 3.8) is 0 Å². The lowest BCUT2D eigenvalue weighted by molar-refractivity contribution is -0.141. The number of carboxylic acid groups (broad SMARTS) is 1. The fourth-order valence-electron chi connectivity index (χ4n) is 2.68. The lowest BCUT2D eigenvalue weighted by Gasteiger charge is -2.22. The highest BCUT2D eigenvalue weighted by Crippen LogP contribution is 2.23. The number of hydrogen-bond acceptors (Lipinski definition) is 3. The third-order valence-corrected chi connectivity index (χ3v) is 4.17. The van der Waals surface area contributed by atoms with E-state index in [1.807, 2.05) is 0 Å². The monoisotopic (exact) mass is 338 g/mol. The lowest BCUT2D eigenvalue weighted by Crippen LogP contribution is -2.35. The molecule has 6 nitrogen and oxygen atoms in total. The van der Waals surface area contributed by atoms with Crippen LogP contribution in [0.15, 0.2) is 24.3 Å². The Labute approximate surface area is 139 Å². The molecule has 7 heteroatoms. The molecule has 2 N–H and O–H groups in total. The molecule has 0 radical (unpaired) electrons. The molecule has 0 bridgehead atoms. The number of amides is 2. The van der Waals surface area contributed by atoms with E-state index in [1.54, 1.807) is 29.2 Å². The van der Waals surface area contributed by atoms with Crippen molar-refractivity contribution in [3.8, 4) is 0 Å². The van der Waals surface area contributed by atoms with Gasteiger partial charge in [0.1, 0.15) is 0 Å². The second kappa shape index (κ2) is 7.46. The summed E-state index contributed by atoms with van der Waals surface area (Å²) in [5, 5.41) is 12.3. The summed E-state index contributed by atoms with van der Waals surface area (Å²) < 4.78 is 0. The van der Waals surface area contributed by atoms with Gasteiger partial charge in [-0.3, -0.25) is 14.4 Å². The molecule has 1 aromatic carbocycles. The number of likely N-dealkylation sites (tertiary alicyclic amines) is 1. The van der Waals surface area contributed by atoms with Crippen LogP contribution in [0.2, 0.25) is 5.02 Å². The smallest absolute Gasteiger partial charge is 0.308 e. The first-order valence-electron chi connectivity index (χ1n) is 7.40. The summed E-state index contributed by atoms with van der Waals surface area (Å²) in [5.74, 6) is -1.78. The minimum Gasteiger partial charge on any atom is -0.481 e. The van der Waals surface area contributed by atoms with Gasteiger partial charge in [-0.25, -0.2) is 0 Å². The molecule has 23 heavy (non-hydrogen) atoms. The molecular formula is C16H19ClN2O4. The Morgan fingerprint density at radius 1 is 1.35 bits per heavy atom. The zero-order valence-corrected chi connectivity index (χ0v) is 13.5. The lowest BCUT2D eigenvalue weighted by atomic mass is 10.0. The first kappa shape index (κ1) is 17.3. The Morgan fingerprint density at radius 2 is 2.00 bits per heavy atom. The maximum Gasteiger partial charge on any atom is 0.308 e. The number of carbonyl (C=O) groups is 3. The minimum absolute atomic E-state index is 0.0908. The molecule has 1 aliphatic rings. The summed E-state index contributed by atoms with van der Waals surface area (Å²) in [6, 6.07) is 6.47. The maximum absolute atomic E-state index is 12.4. The van der Waals surface area contributed by atoms with Crippen LogP contribution in [0, 0.1) is 5.92 Å². The van der Waals surface area contributed by atoms with Crippen LogP contribution in [0.1, 0.15) is 31.4 Å². The highest BCUT2D eigenvalue weighted by molar-refractivity contribution is 6.30. The van der Waals surface area contributed by atoms with Crippen molar-refractivity contribution in [2.45, 2.75) is 25.8 Å². The van der Waals surface area contributed by atoms with Gasteiger partial charge in [0.05, 0.1) is 18.4 Å². The van der Waals surface area contributed by atoms with Crippen LogP contribution in [-0.2, 0) is 14.4 Å². The molecule has 0 aliphatic carbocycles. The van der Waals surface area contributed by atoms with E-state index in [1.165, 1.54) is 6.92 Å². The van der Waals surface area contributed by atoms with Gasteiger partial charge < -0.3 is 15.3 Å². The number of nitrogens with one attached hydrogen (secondary N) is 1. The molecule has 1 aromatic rings. The molecule has 1 saturated heterocycles. The predicted molar refractivity (Wildman–Crippen MR) is 84.9 cm³/mol. The van der Waals surface area contributed by atoms with Crippen molar-refractivity contribution in [1.82, 2.24) is 10.2 Å². The normalized spacial score (nSPS) is 18.5. The average molecular weight is 339 g/mol. The summed E-state index contributed by atoms with van der Waals surface area (Å²) in [7, 11) is 0. The Morgan fingerprint density at radius 3 is 2.52 bits per heavy atom. The fraction of sp³-hybridized carbons (Fsp3) is 0.438. The minimum atomic E-state index is -0.878. The fourth-order valence-corrected chi connectivity index (χ4v) is 2.81. The molecule has 0 aromatic heterocycles. The van der Waals surface area contributed by atoms with E-state index >= 15 is 0 Å². The highest BCUT2D eigenvalue weighted by atomic mass is 35.5. The SMILES string of the molecule is CC(=O)N[C@H](CC(=O)N1CC[C@@H](C(=O)O)C1)c1ccc(Cl)cc1. The van der Waals surface area contributed by atoms with E-state index in [-0.39, 0.29) is 24.8 Å². The van der Waals surface area contributed by atoms with Gasteiger partial charge in [-0.15, -0.1) is 0 Å². The number of carbonyl (C=O) groups excluding carboxylic acids is 2. The van der Waals surface area contributed by atoms with Crippen LogP contribution in [0.5, 0.6) is 0 Å². The van der Waals surface area contributed by atoms with Crippen molar-refractivity contribution >= 4 is 29.4 Å². The molecular weight excluding hydrogens is 320 g/mol. The van der Waals surface area contributed by atoms with E-state index in [2.05, 4.69) is 5.32 Å². The summed E-state index contributed by atoms with van der Waals surface area (Å²) in [6.07, 6.45) is 0.556. The molecule has 2 atom stereocenters. The number of nitrogens with zero attached hydrogens (tertiary/aromatic N) is 1. The Bertz CT molecular complexity index is 603. The van der Waals surface area contributed by atoms with E-state index in [9.17, 15) is 14.4 Å². The van der Waals surface area contributed by atoms with Crippen LogP contribution in [0.3, 0.4) is 0 Å². The number of benzene rings is 1. The van der Waals surface area contributed by atoms with Gasteiger partial charge >= 0.3 is 5.97 Å². The van der Waals surface area contributed by atoms with Crippen molar-refractivity contribution in [2.75, 3.05) is 13.1 Å². The molecule has 2 amide bonds. The molecule has 2 rings (SSSR count). The third kappa shape index (κ3) is 4.69. The summed E-state index contributed by atoms with van der Waals surface area (Å²) in [6.45, 7) is 2.05. The number of hydrogen-bond donors (Lipinski definition) is 2. The first-order valence-corrected chi connectivity index (χ1v) is 7.77. The molecule has 1 fully saturated rings. The van der Waals surface area contributed by atoms with Crippen LogP contribution in [0.4, 0.5) is 0 Å². The second-order valence-corrected chi connectivity index (χ2v) is 6.11. The van der Waals surface area contributed by atoms with E-state index in [0.717, 1.165) is 5.56 Å². The van der Waals surface area contributed by atoms with Gasteiger partial charge in [0.2, 0.25) is 11.8 Å². The highest BCUT2D eigenvalue weighted by Gasteiger charge is 2.32. The van der Waals surface area contributed by atoms with Crippen LogP contribution in [-0.4, -0.2) is 40.9 Å². The Balaban J connectivity index is 2.05. The second-order valence-electron chi connectivity index (χ2n) is 5.67. The molecule has 1 aliphatic heterocycles. The van der Waals surface area contributed by atoms with Crippen molar-refractivity contribution < 1.29 is 19.5 Å². The maximum atomic E-state index is 12.4. The van der Waals surface area contributed by atoms with Gasteiger partial charge in [-0.05, 0) is 24.1 Å². The van der Waals surface area contributed by atoms with Crippen molar-refractivity contribution in [3.05, 3.63) is 34.9 Å². The molecule has 124 valence electrons. The zero-order valence-electron chi connectivity index (χ0n) is 12.8. The van der Waals surface area contributed by atoms with E-state index in [0.29, 0.717) is 18.0 Å². The quantitative estimate of drug-likeness (QED) is 0.857. The topological polar surface area (TPSA) is 86.7 Å². The standard InChI is InChI=1S/C16H19ClN2O4/c1-10(20)18-14(11-2-4-13(17)5-3-11)8-15(21)19-7-6-12(9-19)16(22)23/h2-5,12,14H,6-9H2,1H3,(H,18,20)(H,22,23)/t12-,14-/m1/s1. The van der Waals surface area contributed by atoms with Crippen LogP contribution < -0.4 is 5.32 Å². The summed E-state index contributed by atoms with van der Waals surface area (Å²) in [4.78, 5) is 36.3. The number of rotatable bonds is 5. The predicted octanol–water partition coefficient (Wildman–Crippen LogP) is 1.84. The number of carboxylic acids is 1. The Kier molecular flexibility index (Phi) is 5.60. The zero-order chi connectivity index (χ0) is 17.0. The van der Waals surface area contributed by atoms with Gasteiger partial charge in [-0.1, -0.05) is 23.7 Å². The third-order valence-electron chi connectivity index (χ3n) is 3.92. The molecule has 0 spiro atoms.